The van der Waals surface area contributed by atoms with E-state index in [0.717, 1.165) is 6.29 Å². The zero-order valence-corrected chi connectivity index (χ0v) is 16.2. The molecule has 1 aromatic heterocycles. The Hall–Kier alpha value is -3.27. The molecule has 3 aromatic rings. The Morgan fingerprint density at radius 3 is 2.72 bits per heavy atom. The molecule has 2 aromatic carbocycles. The number of ether oxygens (including phenoxy) is 1. The first kappa shape index (κ1) is 19.1. The third-order valence-electron chi connectivity index (χ3n) is 4.48. The van der Waals surface area contributed by atoms with Gasteiger partial charge >= 0.3 is 6.09 Å². The van der Waals surface area contributed by atoms with Crippen molar-refractivity contribution >= 4 is 29.8 Å². The van der Waals surface area contributed by atoms with Gasteiger partial charge in [0.1, 0.15) is 18.2 Å². The fourth-order valence-electron chi connectivity index (χ4n) is 2.98. The van der Waals surface area contributed by atoms with Crippen molar-refractivity contribution in [2.45, 2.75) is 11.3 Å². The molecule has 29 heavy (non-hydrogen) atoms. The van der Waals surface area contributed by atoms with Gasteiger partial charge in [0, 0.05) is 23.9 Å². The molecule has 0 saturated carbocycles. The Kier molecular flexibility index (Phi) is 5.26. The van der Waals surface area contributed by atoms with Crippen LogP contribution in [0.1, 0.15) is 10.4 Å². The quantitative estimate of drug-likeness (QED) is 0.453. The van der Waals surface area contributed by atoms with Crippen molar-refractivity contribution in [1.29, 1.82) is 0 Å². The fraction of sp³-hybridized carbons (Fsp3) is 0.211. The van der Waals surface area contributed by atoms with Crippen LogP contribution in [0.2, 0.25) is 0 Å². The molecule has 1 aliphatic rings. The maximum Gasteiger partial charge on any atom is 0.414 e. The molecule has 0 spiro atoms. The van der Waals surface area contributed by atoms with Gasteiger partial charge in [0.15, 0.2) is 0 Å². The van der Waals surface area contributed by atoms with Gasteiger partial charge in [-0.05, 0) is 34.2 Å². The number of nitrogens with zero attached hydrogens (tertiary/aromatic N) is 5. The number of carbonyl (C=O) groups is 2. The molecule has 148 valence electrons. The summed E-state index contributed by atoms with van der Waals surface area (Å²) < 4.78 is 21.6. The van der Waals surface area contributed by atoms with E-state index in [1.807, 2.05) is 0 Å². The number of amides is 1. The molecule has 0 aliphatic carbocycles. The normalized spacial score (nSPS) is 16.1. The summed E-state index contributed by atoms with van der Waals surface area (Å²) in [6.07, 6.45) is -0.144. The molecule has 1 saturated heterocycles. The first-order valence-corrected chi connectivity index (χ1v) is 9.72. The molecular weight excluding hydrogens is 397 g/mol. The first-order chi connectivity index (χ1) is 14.0. The molecule has 1 amide bonds. The largest absolute Gasteiger partial charge is 0.443 e. The topological polar surface area (TPSA) is 90.2 Å². The van der Waals surface area contributed by atoms with Crippen molar-refractivity contribution in [3.8, 4) is 11.1 Å². The minimum absolute atomic E-state index is 0.309. The summed E-state index contributed by atoms with van der Waals surface area (Å²) in [6.45, 7) is 0.309. The number of hydrogen-bond donors (Lipinski definition) is 0. The van der Waals surface area contributed by atoms with Crippen LogP contribution >= 0.6 is 11.8 Å². The number of benzene rings is 2. The average molecular weight is 413 g/mol. The number of tetrazole rings is 1. The molecule has 1 unspecified atom stereocenters. The lowest BCUT2D eigenvalue weighted by Crippen LogP contribution is -2.25. The summed E-state index contributed by atoms with van der Waals surface area (Å²) >= 11 is 1.38. The van der Waals surface area contributed by atoms with Crippen LogP contribution in [0.15, 0.2) is 47.6 Å². The van der Waals surface area contributed by atoms with Crippen LogP contribution in [0, 0.1) is 5.82 Å². The predicted octanol–water partition coefficient (Wildman–Crippen LogP) is 2.95. The SMILES string of the molecule is Cn1nnnc1SCC1CN(c2ccc(-c3ccc(C=O)cc3)c(F)c2)C(=O)O1. The highest BCUT2D eigenvalue weighted by molar-refractivity contribution is 7.99. The van der Waals surface area contributed by atoms with Crippen molar-refractivity contribution in [3.05, 3.63) is 53.8 Å². The Morgan fingerprint density at radius 2 is 2.07 bits per heavy atom. The van der Waals surface area contributed by atoms with E-state index < -0.39 is 11.9 Å². The second-order valence-corrected chi connectivity index (χ2v) is 7.40. The summed E-state index contributed by atoms with van der Waals surface area (Å²) in [5, 5.41) is 11.8. The molecule has 1 fully saturated rings. The van der Waals surface area contributed by atoms with Crippen LogP contribution in [-0.2, 0) is 11.8 Å². The highest BCUT2D eigenvalue weighted by atomic mass is 32.2. The number of hydrogen-bond acceptors (Lipinski definition) is 7. The second kappa shape index (κ2) is 8.00. The van der Waals surface area contributed by atoms with Crippen LogP contribution in [-0.4, -0.2) is 51.0 Å². The van der Waals surface area contributed by atoms with Gasteiger partial charge in [-0.2, -0.15) is 0 Å². The van der Waals surface area contributed by atoms with Crippen LogP contribution in [0.25, 0.3) is 11.1 Å². The number of carbonyl (C=O) groups excluding carboxylic acids is 2. The lowest BCUT2D eigenvalue weighted by Gasteiger charge is -2.14. The summed E-state index contributed by atoms with van der Waals surface area (Å²) in [5.74, 6) is 0.0252. The van der Waals surface area contributed by atoms with E-state index in [9.17, 15) is 14.0 Å². The second-order valence-electron chi connectivity index (χ2n) is 6.42. The van der Waals surface area contributed by atoms with Gasteiger partial charge in [0.05, 0.1) is 12.2 Å². The van der Waals surface area contributed by atoms with E-state index in [0.29, 0.717) is 39.8 Å². The Morgan fingerprint density at radius 1 is 1.28 bits per heavy atom. The van der Waals surface area contributed by atoms with Crippen molar-refractivity contribution in [2.75, 3.05) is 17.2 Å². The Labute approximate surface area is 169 Å². The van der Waals surface area contributed by atoms with Crippen molar-refractivity contribution < 1.29 is 18.7 Å². The van der Waals surface area contributed by atoms with Gasteiger partial charge in [0.2, 0.25) is 5.16 Å². The van der Waals surface area contributed by atoms with Gasteiger partial charge in [-0.1, -0.05) is 36.0 Å². The zero-order chi connectivity index (χ0) is 20.4. The number of aromatic nitrogens is 4. The third-order valence-corrected chi connectivity index (χ3v) is 5.62. The maximum atomic E-state index is 14.7. The summed E-state index contributed by atoms with van der Waals surface area (Å²) in [4.78, 5) is 24.4. The van der Waals surface area contributed by atoms with Gasteiger partial charge in [0.25, 0.3) is 0 Å². The fourth-order valence-corrected chi connectivity index (χ4v) is 3.80. The van der Waals surface area contributed by atoms with Crippen LogP contribution in [0.5, 0.6) is 0 Å². The molecule has 4 rings (SSSR count). The van der Waals surface area contributed by atoms with Crippen molar-refractivity contribution in [2.24, 2.45) is 7.05 Å². The number of rotatable bonds is 6. The van der Waals surface area contributed by atoms with Crippen LogP contribution < -0.4 is 4.90 Å². The predicted molar refractivity (Wildman–Crippen MR) is 104 cm³/mol. The number of thioether (sulfide) groups is 1. The number of cyclic esters (lactones) is 1. The van der Waals surface area contributed by atoms with E-state index in [1.165, 1.54) is 27.4 Å². The average Bonchev–Trinajstić information content (AvgIpc) is 3.31. The summed E-state index contributed by atoms with van der Waals surface area (Å²) in [7, 11) is 1.73. The molecule has 0 bridgehead atoms. The minimum atomic E-state index is -0.519. The monoisotopic (exact) mass is 413 g/mol. The summed E-state index contributed by atoms with van der Waals surface area (Å²) in [6, 6.07) is 11.2. The van der Waals surface area contributed by atoms with Gasteiger partial charge < -0.3 is 4.74 Å². The van der Waals surface area contributed by atoms with Crippen molar-refractivity contribution in [3.63, 3.8) is 0 Å². The molecule has 0 radical (unpaired) electrons. The highest BCUT2D eigenvalue weighted by Gasteiger charge is 2.33. The molecule has 8 nitrogen and oxygen atoms in total. The van der Waals surface area contributed by atoms with E-state index >= 15 is 0 Å². The molecule has 2 heterocycles. The molecule has 0 N–H and O–H groups in total. The Bertz CT molecular complexity index is 1060. The summed E-state index contributed by atoms with van der Waals surface area (Å²) in [5.41, 5.74) is 1.98. The van der Waals surface area contributed by atoms with E-state index in [2.05, 4.69) is 15.5 Å². The molecule has 1 atom stereocenters. The third kappa shape index (κ3) is 3.97. The number of aryl methyl sites for hydroxylation is 1. The molecule has 10 heteroatoms. The van der Waals surface area contributed by atoms with Crippen LogP contribution in [0.4, 0.5) is 14.9 Å². The van der Waals surface area contributed by atoms with Crippen LogP contribution in [0.3, 0.4) is 0 Å². The van der Waals surface area contributed by atoms with Gasteiger partial charge in [-0.3, -0.25) is 9.69 Å². The highest BCUT2D eigenvalue weighted by Crippen LogP contribution is 2.30. The minimum Gasteiger partial charge on any atom is -0.443 e. The van der Waals surface area contributed by atoms with E-state index in [4.69, 9.17) is 4.74 Å². The number of aldehydes is 1. The van der Waals surface area contributed by atoms with Gasteiger partial charge in [-0.15, -0.1) is 5.10 Å². The van der Waals surface area contributed by atoms with Gasteiger partial charge in [-0.25, -0.2) is 13.9 Å². The lowest BCUT2D eigenvalue weighted by molar-refractivity contribution is 0.112. The Balaban J connectivity index is 1.46. The van der Waals surface area contributed by atoms with Crippen molar-refractivity contribution in [1.82, 2.24) is 20.2 Å². The lowest BCUT2D eigenvalue weighted by atomic mass is 10.0. The smallest absolute Gasteiger partial charge is 0.414 e. The molecular formula is C19H16FN5O3S. The maximum absolute atomic E-state index is 14.7. The standard InChI is InChI=1S/C19H16FN5O3S/c1-24-18(21-22-23-24)29-11-15-9-25(19(27)28-15)14-6-7-16(17(20)8-14)13-4-2-12(10-26)3-5-13/h2-8,10,15H,9,11H2,1H3. The van der Waals surface area contributed by atoms with E-state index in [1.54, 1.807) is 43.4 Å². The first-order valence-electron chi connectivity index (χ1n) is 8.73. The number of anilines is 1. The van der Waals surface area contributed by atoms with E-state index in [-0.39, 0.29) is 6.10 Å². The molecule has 1 aliphatic heterocycles. The zero-order valence-electron chi connectivity index (χ0n) is 15.4. The number of halogens is 1.